The second kappa shape index (κ2) is 12.1. The first-order valence-corrected chi connectivity index (χ1v) is 13.3. The van der Waals surface area contributed by atoms with Crippen molar-refractivity contribution in [2.75, 3.05) is 11.4 Å². The van der Waals surface area contributed by atoms with Crippen LogP contribution >= 0.6 is 0 Å². The zero-order valence-electron chi connectivity index (χ0n) is 22.4. The van der Waals surface area contributed by atoms with Gasteiger partial charge in [-0.3, -0.25) is 4.98 Å². The van der Waals surface area contributed by atoms with Crippen molar-refractivity contribution >= 4 is 5.95 Å². The summed E-state index contributed by atoms with van der Waals surface area (Å²) in [4.78, 5) is 7.55. The molecule has 40 heavy (non-hydrogen) atoms. The van der Waals surface area contributed by atoms with Crippen LogP contribution < -0.4 is 10.6 Å². The lowest BCUT2D eigenvalue weighted by Crippen LogP contribution is -2.27. The van der Waals surface area contributed by atoms with Crippen molar-refractivity contribution in [2.45, 2.75) is 76.8 Å². The Morgan fingerprint density at radius 3 is 2.15 bits per heavy atom. The molecule has 7 nitrogen and oxygen atoms in total. The van der Waals surface area contributed by atoms with Crippen LogP contribution in [0.4, 0.5) is 32.3 Å². The van der Waals surface area contributed by atoms with Gasteiger partial charge in [-0.15, -0.1) is 5.10 Å². The number of tetrazole rings is 1. The number of anilines is 1. The number of alkyl halides is 6. The van der Waals surface area contributed by atoms with Crippen LogP contribution in [-0.2, 0) is 38.9 Å². The van der Waals surface area contributed by atoms with Gasteiger partial charge < -0.3 is 10.6 Å². The molecule has 2 N–H and O–H groups in total. The lowest BCUT2D eigenvalue weighted by Gasteiger charge is -2.28. The number of halogens is 6. The third-order valence-corrected chi connectivity index (χ3v) is 7.43. The minimum absolute atomic E-state index is 0.0811. The van der Waals surface area contributed by atoms with Crippen LogP contribution in [0.2, 0.25) is 0 Å². The number of aryl methyl sites for hydroxylation is 2. The van der Waals surface area contributed by atoms with E-state index in [0.717, 1.165) is 61.1 Å². The predicted molar refractivity (Wildman–Crippen MR) is 137 cm³/mol. The number of hydrogen-bond donors (Lipinski definition) is 1. The summed E-state index contributed by atoms with van der Waals surface area (Å²) in [5.41, 5.74) is 5.70. The maximum absolute atomic E-state index is 13.6. The van der Waals surface area contributed by atoms with Gasteiger partial charge >= 0.3 is 12.4 Å². The molecule has 0 amide bonds. The van der Waals surface area contributed by atoms with Gasteiger partial charge in [0.1, 0.15) is 0 Å². The molecular formula is C27H33F6N7. The molecule has 1 aliphatic rings. The number of nitrogens with zero attached hydrogens (tertiary/aromatic N) is 6. The third kappa shape index (κ3) is 7.10. The largest absolute Gasteiger partial charge is 0.416 e. The maximum Gasteiger partial charge on any atom is 0.416 e. The van der Waals surface area contributed by atoms with Crippen molar-refractivity contribution in [3.63, 3.8) is 0 Å². The van der Waals surface area contributed by atoms with E-state index < -0.39 is 23.5 Å². The van der Waals surface area contributed by atoms with Crippen molar-refractivity contribution in [2.24, 2.45) is 18.7 Å². The highest BCUT2D eigenvalue weighted by Crippen LogP contribution is 2.41. The van der Waals surface area contributed by atoms with Crippen LogP contribution in [0, 0.1) is 5.92 Å². The average molecular weight is 570 g/mol. The van der Waals surface area contributed by atoms with E-state index in [1.165, 1.54) is 16.7 Å². The number of benzene rings is 1. The first kappa shape index (κ1) is 29.8. The summed E-state index contributed by atoms with van der Waals surface area (Å²) in [6.07, 6.45) is -2.28. The number of rotatable bonds is 10. The van der Waals surface area contributed by atoms with Crippen LogP contribution in [0.25, 0.3) is 0 Å². The molecule has 13 heteroatoms. The summed E-state index contributed by atoms with van der Waals surface area (Å²) in [6.45, 7) is 2.27. The molecule has 4 rings (SSSR count). The molecule has 1 atom stereocenters. The molecule has 2 heterocycles. The Labute approximate surface area is 228 Å². The number of pyridine rings is 1. The monoisotopic (exact) mass is 569 g/mol. The normalized spacial score (nSPS) is 15.5. The number of hydrogen-bond acceptors (Lipinski definition) is 6. The van der Waals surface area contributed by atoms with Crippen molar-refractivity contribution in [3.05, 3.63) is 64.0 Å². The van der Waals surface area contributed by atoms with E-state index in [9.17, 15) is 26.3 Å². The van der Waals surface area contributed by atoms with Gasteiger partial charge in [0.15, 0.2) is 0 Å². The quantitative estimate of drug-likeness (QED) is 0.300. The molecule has 1 fully saturated rings. The van der Waals surface area contributed by atoms with Gasteiger partial charge in [-0.25, -0.2) is 0 Å². The minimum Gasteiger partial charge on any atom is -0.330 e. The second-order valence-corrected chi connectivity index (χ2v) is 10.3. The zero-order valence-corrected chi connectivity index (χ0v) is 22.4. The second-order valence-electron chi connectivity index (χ2n) is 10.3. The molecule has 218 valence electrons. The van der Waals surface area contributed by atoms with E-state index in [2.05, 4.69) is 15.4 Å². The van der Waals surface area contributed by atoms with Crippen molar-refractivity contribution in [1.29, 1.82) is 0 Å². The smallest absolute Gasteiger partial charge is 0.330 e. The summed E-state index contributed by atoms with van der Waals surface area (Å²) < 4.78 is 81.3. The molecule has 0 saturated heterocycles. The van der Waals surface area contributed by atoms with E-state index in [-0.39, 0.29) is 36.6 Å². The first-order chi connectivity index (χ1) is 18.9. The number of aromatic nitrogens is 5. The maximum atomic E-state index is 13.6. The van der Waals surface area contributed by atoms with Gasteiger partial charge in [0, 0.05) is 30.9 Å². The van der Waals surface area contributed by atoms with Crippen LogP contribution in [0.5, 0.6) is 0 Å². The molecule has 0 radical (unpaired) electrons. The molecule has 1 saturated carbocycles. The van der Waals surface area contributed by atoms with E-state index in [0.29, 0.717) is 18.9 Å². The van der Waals surface area contributed by atoms with Crippen molar-refractivity contribution in [1.82, 2.24) is 25.2 Å². The molecule has 0 bridgehead atoms. The Balaban J connectivity index is 1.78. The van der Waals surface area contributed by atoms with E-state index in [1.807, 2.05) is 19.2 Å². The summed E-state index contributed by atoms with van der Waals surface area (Å²) in [6, 6.07) is 3.59. The fourth-order valence-electron chi connectivity index (χ4n) is 5.49. The molecule has 0 spiro atoms. The van der Waals surface area contributed by atoms with Crippen LogP contribution in [0.3, 0.4) is 0 Å². The van der Waals surface area contributed by atoms with E-state index >= 15 is 0 Å². The predicted octanol–water partition coefficient (Wildman–Crippen LogP) is 6.03. The summed E-state index contributed by atoms with van der Waals surface area (Å²) >= 11 is 0. The lowest BCUT2D eigenvalue weighted by molar-refractivity contribution is -0.143. The Morgan fingerprint density at radius 1 is 0.975 bits per heavy atom. The molecule has 2 aromatic heterocycles. The summed E-state index contributed by atoms with van der Waals surface area (Å²) in [5.74, 6) is 0.580. The summed E-state index contributed by atoms with van der Waals surface area (Å²) in [5, 5.41) is 12.1. The number of nitrogens with two attached hydrogens (primary N) is 1. The average Bonchev–Trinajstić information content (AvgIpc) is 3.58. The zero-order chi connectivity index (χ0) is 29.1. The molecule has 1 aromatic carbocycles. The highest BCUT2D eigenvalue weighted by atomic mass is 19.4. The highest BCUT2D eigenvalue weighted by Gasteiger charge is 2.37. The highest BCUT2D eigenvalue weighted by molar-refractivity contribution is 5.40. The van der Waals surface area contributed by atoms with E-state index in [1.54, 1.807) is 0 Å². The van der Waals surface area contributed by atoms with Crippen molar-refractivity contribution < 1.29 is 26.3 Å². The molecule has 3 aromatic rings. The molecule has 0 aliphatic heterocycles. The topological polar surface area (TPSA) is 85.8 Å². The van der Waals surface area contributed by atoms with Crippen LogP contribution in [0.15, 0.2) is 30.5 Å². The fourth-order valence-corrected chi connectivity index (χ4v) is 5.49. The minimum atomic E-state index is -4.95. The van der Waals surface area contributed by atoms with Gasteiger partial charge in [0.2, 0.25) is 0 Å². The van der Waals surface area contributed by atoms with Crippen LogP contribution in [0.1, 0.15) is 78.5 Å². The summed E-state index contributed by atoms with van der Waals surface area (Å²) in [7, 11) is 1.53. The Hall–Kier alpha value is -3.22. The van der Waals surface area contributed by atoms with Gasteiger partial charge in [-0.2, -0.15) is 31.1 Å². The van der Waals surface area contributed by atoms with Gasteiger partial charge in [-0.1, -0.05) is 30.9 Å². The van der Waals surface area contributed by atoms with E-state index in [4.69, 9.17) is 10.7 Å². The first-order valence-electron chi connectivity index (χ1n) is 13.3. The molecular weight excluding hydrogens is 536 g/mol. The standard InChI is InChI=1S/C27H33F6N7/c1-3-17-10-20(24(35-14-17)23(8-9-34)19-6-4-5-7-19)16-40(25-36-38-39(2)37-25)15-18-11-21(26(28,29)30)13-22(12-18)27(31,32)33/h10-14,19,23H,3-9,15-16,34H2,1-2H3. The Morgan fingerprint density at radius 2 is 1.62 bits per heavy atom. The molecule has 1 aliphatic carbocycles. The van der Waals surface area contributed by atoms with Gasteiger partial charge in [0.05, 0.1) is 18.2 Å². The van der Waals surface area contributed by atoms with Crippen molar-refractivity contribution in [3.8, 4) is 0 Å². The van der Waals surface area contributed by atoms with Crippen LogP contribution in [-0.4, -0.2) is 31.7 Å². The SMILES string of the molecule is CCc1cnc(C(CCN)C2CCCC2)c(CN(Cc2cc(C(F)(F)F)cc(C(F)(F)F)c2)c2nnn(C)n2)c1. The van der Waals surface area contributed by atoms with Gasteiger partial charge in [0.25, 0.3) is 5.95 Å². The Bertz CT molecular complexity index is 1250. The molecule has 1 unspecified atom stereocenters. The van der Waals surface area contributed by atoms with Gasteiger partial charge in [-0.05, 0) is 78.2 Å². The lowest BCUT2D eigenvalue weighted by atomic mass is 9.83. The Kier molecular flexibility index (Phi) is 9.01. The third-order valence-electron chi connectivity index (χ3n) is 7.43. The fraction of sp³-hybridized carbons (Fsp3) is 0.556.